The van der Waals surface area contributed by atoms with Crippen LogP contribution >= 0.6 is 0 Å². The van der Waals surface area contributed by atoms with Crippen molar-refractivity contribution in [1.82, 2.24) is 15.5 Å². The lowest BCUT2D eigenvalue weighted by Crippen LogP contribution is -2.24. The lowest BCUT2D eigenvalue weighted by molar-refractivity contribution is 0.170. The van der Waals surface area contributed by atoms with Crippen molar-refractivity contribution in [3.63, 3.8) is 0 Å². The largest absolute Gasteiger partial charge is 0.387 e. The van der Waals surface area contributed by atoms with Crippen molar-refractivity contribution in [2.45, 2.75) is 32.9 Å². The number of aromatic amines is 1. The van der Waals surface area contributed by atoms with Crippen LogP contribution in [0.5, 0.6) is 0 Å². The van der Waals surface area contributed by atoms with Gasteiger partial charge in [-0.15, -0.1) is 0 Å². The molecule has 1 aromatic heterocycles. The predicted octanol–water partition coefficient (Wildman–Crippen LogP) is 2.41. The van der Waals surface area contributed by atoms with Crippen LogP contribution in [0.2, 0.25) is 0 Å². The predicted molar refractivity (Wildman–Crippen MR) is 75.9 cm³/mol. The van der Waals surface area contributed by atoms with Crippen molar-refractivity contribution in [2.75, 3.05) is 6.54 Å². The summed E-state index contributed by atoms with van der Waals surface area (Å²) in [7, 11) is 0. The summed E-state index contributed by atoms with van der Waals surface area (Å²) in [6, 6.07) is 8.13. The van der Waals surface area contributed by atoms with E-state index in [0.717, 1.165) is 22.4 Å². The molecule has 19 heavy (non-hydrogen) atoms. The van der Waals surface area contributed by atoms with Gasteiger partial charge < -0.3 is 10.4 Å². The van der Waals surface area contributed by atoms with E-state index in [4.69, 9.17) is 0 Å². The third-order valence-electron chi connectivity index (χ3n) is 3.38. The van der Waals surface area contributed by atoms with Crippen molar-refractivity contribution in [3.8, 4) is 0 Å². The molecule has 0 aliphatic heterocycles. The summed E-state index contributed by atoms with van der Waals surface area (Å²) in [6.07, 6.45) is 1.33. The number of aliphatic hydroxyl groups is 1. The molecular formula is C15H21N3O. The maximum Gasteiger partial charge on any atom is 0.0914 e. The van der Waals surface area contributed by atoms with Gasteiger partial charge in [-0.25, -0.2) is 0 Å². The molecule has 3 N–H and O–H groups in total. The molecule has 0 fully saturated rings. The molecule has 2 aromatic rings. The van der Waals surface area contributed by atoms with Gasteiger partial charge in [0.05, 0.1) is 12.3 Å². The number of aromatic nitrogens is 2. The highest BCUT2D eigenvalue weighted by molar-refractivity contribution is 5.24. The van der Waals surface area contributed by atoms with Crippen LogP contribution < -0.4 is 5.32 Å². The first-order valence-corrected chi connectivity index (χ1v) is 6.56. The van der Waals surface area contributed by atoms with Crippen molar-refractivity contribution in [3.05, 3.63) is 52.8 Å². The topological polar surface area (TPSA) is 60.9 Å². The molecule has 2 rings (SSSR count). The maximum atomic E-state index is 10.2. The molecule has 0 radical (unpaired) electrons. The number of rotatable bonds is 5. The number of aryl methyl sites for hydroxylation is 2. The van der Waals surface area contributed by atoms with Gasteiger partial charge in [0.15, 0.2) is 0 Å². The van der Waals surface area contributed by atoms with Crippen LogP contribution in [0.4, 0.5) is 0 Å². The average molecular weight is 259 g/mol. The number of H-pyrrole nitrogens is 1. The molecule has 0 spiro atoms. The van der Waals surface area contributed by atoms with E-state index in [1.54, 1.807) is 0 Å². The molecule has 2 atom stereocenters. The van der Waals surface area contributed by atoms with Gasteiger partial charge in [0.2, 0.25) is 0 Å². The van der Waals surface area contributed by atoms with Crippen LogP contribution in [-0.2, 0) is 0 Å². The van der Waals surface area contributed by atoms with Gasteiger partial charge in [0, 0.05) is 23.8 Å². The number of hydrogen-bond acceptors (Lipinski definition) is 3. The van der Waals surface area contributed by atoms with Crippen LogP contribution in [-0.4, -0.2) is 21.8 Å². The van der Waals surface area contributed by atoms with Crippen LogP contribution in [0.25, 0.3) is 0 Å². The van der Waals surface area contributed by atoms with E-state index in [-0.39, 0.29) is 6.04 Å². The highest BCUT2D eigenvalue weighted by Crippen LogP contribution is 2.17. The SMILES string of the molecule is Cc1cccc(C(O)CNC(C)c2cn[nH]c2C)c1. The fourth-order valence-electron chi connectivity index (χ4n) is 2.19. The summed E-state index contributed by atoms with van der Waals surface area (Å²) in [4.78, 5) is 0. The maximum absolute atomic E-state index is 10.2. The van der Waals surface area contributed by atoms with Crippen molar-refractivity contribution < 1.29 is 5.11 Å². The molecule has 2 unspecified atom stereocenters. The molecule has 0 amide bonds. The van der Waals surface area contributed by atoms with E-state index in [1.165, 1.54) is 0 Å². The Balaban J connectivity index is 1.94. The number of aliphatic hydroxyl groups excluding tert-OH is 1. The Bertz CT molecular complexity index is 536. The zero-order valence-electron chi connectivity index (χ0n) is 11.6. The second-order valence-corrected chi connectivity index (χ2v) is 5.01. The van der Waals surface area contributed by atoms with Gasteiger partial charge >= 0.3 is 0 Å². The van der Waals surface area contributed by atoms with Crippen molar-refractivity contribution in [2.24, 2.45) is 0 Å². The quantitative estimate of drug-likeness (QED) is 0.772. The number of benzene rings is 1. The minimum Gasteiger partial charge on any atom is -0.387 e. The Labute approximate surface area is 113 Å². The summed E-state index contributed by atoms with van der Waals surface area (Å²) in [6.45, 7) is 6.62. The van der Waals surface area contributed by atoms with E-state index in [0.29, 0.717) is 6.54 Å². The average Bonchev–Trinajstić information content (AvgIpc) is 2.82. The molecule has 0 aliphatic rings. The molecule has 0 saturated carbocycles. The Morgan fingerprint density at radius 3 is 2.79 bits per heavy atom. The highest BCUT2D eigenvalue weighted by Gasteiger charge is 2.13. The zero-order chi connectivity index (χ0) is 13.8. The van der Waals surface area contributed by atoms with E-state index in [9.17, 15) is 5.11 Å². The second kappa shape index (κ2) is 5.99. The van der Waals surface area contributed by atoms with E-state index < -0.39 is 6.10 Å². The minimum absolute atomic E-state index is 0.165. The molecule has 1 aromatic carbocycles. The van der Waals surface area contributed by atoms with Gasteiger partial charge in [-0.2, -0.15) is 5.10 Å². The summed E-state index contributed by atoms with van der Waals surface area (Å²) < 4.78 is 0. The summed E-state index contributed by atoms with van der Waals surface area (Å²) in [5.41, 5.74) is 4.31. The standard InChI is InChI=1S/C15H21N3O/c1-10-5-4-6-13(7-10)15(19)9-16-11(2)14-8-17-18-12(14)3/h4-8,11,15-16,19H,9H2,1-3H3,(H,17,18). The Hall–Kier alpha value is -1.65. The lowest BCUT2D eigenvalue weighted by atomic mass is 10.1. The number of hydrogen-bond donors (Lipinski definition) is 3. The minimum atomic E-state index is -0.491. The fraction of sp³-hybridized carbons (Fsp3) is 0.400. The molecular weight excluding hydrogens is 238 g/mol. The fourth-order valence-corrected chi connectivity index (χ4v) is 2.19. The van der Waals surface area contributed by atoms with Gasteiger partial charge in [0.25, 0.3) is 0 Å². The van der Waals surface area contributed by atoms with Crippen LogP contribution in [0.3, 0.4) is 0 Å². The zero-order valence-corrected chi connectivity index (χ0v) is 11.6. The molecule has 4 heteroatoms. The third kappa shape index (κ3) is 3.43. The Morgan fingerprint density at radius 1 is 1.37 bits per heavy atom. The van der Waals surface area contributed by atoms with E-state index in [1.807, 2.05) is 44.3 Å². The first kappa shape index (κ1) is 13.8. The molecule has 102 valence electrons. The lowest BCUT2D eigenvalue weighted by Gasteiger charge is -2.17. The molecule has 4 nitrogen and oxygen atoms in total. The van der Waals surface area contributed by atoms with E-state index in [2.05, 4.69) is 22.4 Å². The van der Waals surface area contributed by atoms with Gasteiger partial charge in [-0.05, 0) is 26.3 Å². The summed E-state index contributed by atoms with van der Waals surface area (Å²) in [5, 5.41) is 20.4. The van der Waals surface area contributed by atoms with Gasteiger partial charge in [0.1, 0.15) is 0 Å². The molecule has 1 heterocycles. The Morgan fingerprint density at radius 2 is 2.16 bits per heavy atom. The normalized spacial score (nSPS) is 14.3. The Kier molecular flexibility index (Phi) is 4.35. The van der Waals surface area contributed by atoms with Crippen molar-refractivity contribution in [1.29, 1.82) is 0 Å². The molecule has 0 aliphatic carbocycles. The highest BCUT2D eigenvalue weighted by atomic mass is 16.3. The third-order valence-corrected chi connectivity index (χ3v) is 3.38. The summed E-state index contributed by atoms with van der Waals surface area (Å²) in [5.74, 6) is 0. The number of nitrogens with zero attached hydrogens (tertiary/aromatic N) is 1. The first-order valence-electron chi connectivity index (χ1n) is 6.56. The molecule has 0 saturated heterocycles. The van der Waals surface area contributed by atoms with Gasteiger partial charge in [-0.1, -0.05) is 29.8 Å². The van der Waals surface area contributed by atoms with Gasteiger partial charge in [-0.3, -0.25) is 5.10 Å². The second-order valence-electron chi connectivity index (χ2n) is 5.01. The van der Waals surface area contributed by atoms with Crippen LogP contribution in [0.15, 0.2) is 30.5 Å². The summed E-state index contributed by atoms with van der Waals surface area (Å²) >= 11 is 0. The smallest absolute Gasteiger partial charge is 0.0914 e. The van der Waals surface area contributed by atoms with Crippen LogP contribution in [0.1, 0.15) is 41.5 Å². The van der Waals surface area contributed by atoms with Crippen molar-refractivity contribution >= 4 is 0 Å². The van der Waals surface area contributed by atoms with E-state index >= 15 is 0 Å². The number of nitrogens with one attached hydrogen (secondary N) is 2. The monoisotopic (exact) mass is 259 g/mol. The van der Waals surface area contributed by atoms with Crippen LogP contribution in [0, 0.1) is 13.8 Å². The first-order chi connectivity index (χ1) is 9.08. The molecule has 0 bridgehead atoms.